The van der Waals surface area contributed by atoms with E-state index in [1.807, 2.05) is 17.0 Å². The quantitative estimate of drug-likeness (QED) is 0.818. The Bertz CT molecular complexity index is 636. The average Bonchev–Trinajstić information content (AvgIpc) is 3.11. The number of hydrogen-bond acceptors (Lipinski definition) is 5. The zero-order valence-electron chi connectivity index (χ0n) is 16.1. The molecule has 0 amide bonds. The van der Waals surface area contributed by atoms with Crippen molar-refractivity contribution in [2.45, 2.75) is 49.8 Å². The van der Waals surface area contributed by atoms with Crippen LogP contribution in [-0.4, -0.2) is 83.6 Å². The molecule has 0 aliphatic carbocycles. The number of hydrogen-bond donors (Lipinski definition) is 2. The molecule has 2 atom stereocenters. The number of nitrogens with zero attached hydrogens (tertiary/aromatic N) is 3. The predicted octanol–water partition coefficient (Wildman–Crippen LogP) is 1.69. The van der Waals surface area contributed by atoms with E-state index >= 15 is 0 Å². The number of benzene rings is 1. The molecule has 3 saturated heterocycles. The Morgan fingerprint density at radius 3 is 2.63 bits per heavy atom. The maximum Gasteiger partial charge on any atom is 0.146 e. The van der Waals surface area contributed by atoms with E-state index in [1.165, 1.54) is 25.5 Å². The van der Waals surface area contributed by atoms with Crippen molar-refractivity contribution in [1.29, 1.82) is 0 Å². The van der Waals surface area contributed by atoms with Gasteiger partial charge >= 0.3 is 0 Å². The Morgan fingerprint density at radius 2 is 1.89 bits per heavy atom. The van der Waals surface area contributed by atoms with Crippen LogP contribution in [0.1, 0.15) is 32.1 Å². The number of β-amino-alcohol motifs (C(OH)–C–C–N with tert-alkyl or cyclic N) is 1. The summed E-state index contributed by atoms with van der Waals surface area (Å²) in [6, 6.07) is 7.80. The van der Waals surface area contributed by atoms with E-state index in [4.69, 9.17) is 0 Å². The second kappa shape index (κ2) is 8.03. The summed E-state index contributed by atoms with van der Waals surface area (Å²) in [7, 11) is 0. The zero-order valence-corrected chi connectivity index (χ0v) is 16.1. The highest BCUT2D eigenvalue weighted by Gasteiger charge is 2.41. The predicted molar refractivity (Wildman–Crippen MR) is 104 cm³/mol. The third kappa shape index (κ3) is 4.14. The molecule has 5 nitrogen and oxygen atoms in total. The number of piperidine rings is 1. The van der Waals surface area contributed by atoms with E-state index in [9.17, 15) is 14.6 Å². The lowest BCUT2D eigenvalue weighted by Crippen LogP contribution is -2.61. The molecular formula is C21H32FN3O2. The second-order valence-electron chi connectivity index (χ2n) is 8.55. The van der Waals surface area contributed by atoms with Crippen LogP contribution in [0.25, 0.3) is 0 Å². The Kier molecular flexibility index (Phi) is 5.69. The maximum absolute atomic E-state index is 14.1. The van der Waals surface area contributed by atoms with Gasteiger partial charge in [0.2, 0.25) is 0 Å². The molecule has 3 aliphatic rings. The minimum Gasteiger partial charge on any atom is -0.396 e. The summed E-state index contributed by atoms with van der Waals surface area (Å²) in [5, 5.41) is 20.7. The van der Waals surface area contributed by atoms with Crippen LogP contribution in [0.5, 0.6) is 0 Å². The van der Waals surface area contributed by atoms with Gasteiger partial charge in [-0.3, -0.25) is 9.80 Å². The lowest BCUT2D eigenvalue weighted by molar-refractivity contribution is -0.0537. The first-order valence-electron chi connectivity index (χ1n) is 10.4. The average molecular weight is 378 g/mol. The Labute approximate surface area is 161 Å². The molecule has 3 fully saturated rings. The van der Waals surface area contributed by atoms with Gasteiger partial charge in [0.1, 0.15) is 5.82 Å². The van der Waals surface area contributed by atoms with E-state index in [1.54, 1.807) is 6.07 Å². The van der Waals surface area contributed by atoms with Crippen molar-refractivity contribution in [2.75, 3.05) is 50.8 Å². The first kappa shape index (κ1) is 19.1. The molecular weight excluding hydrogens is 345 g/mol. The summed E-state index contributed by atoms with van der Waals surface area (Å²) in [4.78, 5) is 7.02. The van der Waals surface area contributed by atoms with Gasteiger partial charge in [0.15, 0.2) is 0 Å². The summed E-state index contributed by atoms with van der Waals surface area (Å²) in [6.07, 6.45) is 4.56. The number of halogens is 1. The lowest BCUT2D eigenvalue weighted by atomic mass is 9.89. The molecule has 0 radical (unpaired) electrons. The van der Waals surface area contributed by atoms with E-state index in [0.717, 1.165) is 19.5 Å². The Hall–Kier alpha value is -1.21. The van der Waals surface area contributed by atoms with Gasteiger partial charge in [0.25, 0.3) is 0 Å². The number of aliphatic hydroxyl groups is 2. The minimum atomic E-state index is -0.726. The van der Waals surface area contributed by atoms with Crippen LogP contribution in [-0.2, 0) is 0 Å². The largest absolute Gasteiger partial charge is 0.396 e. The van der Waals surface area contributed by atoms with Gasteiger partial charge in [-0.15, -0.1) is 0 Å². The molecule has 4 rings (SSSR count). The van der Waals surface area contributed by atoms with Crippen LogP contribution in [0, 0.1) is 5.82 Å². The highest BCUT2D eigenvalue weighted by molar-refractivity contribution is 5.48. The molecule has 27 heavy (non-hydrogen) atoms. The smallest absolute Gasteiger partial charge is 0.146 e. The first-order valence-corrected chi connectivity index (χ1v) is 10.4. The normalized spacial score (nSPS) is 29.1. The van der Waals surface area contributed by atoms with Gasteiger partial charge in [-0.1, -0.05) is 12.1 Å². The molecule has 2 N–H and O–H groups in total. The van der Waals surface area contributed by atoms with Gasteiger partial charge < -0.3 is 15.1 Å². The van der Waals surface area contributed by atoms with Gasteiger partial charge in [-0.05, 0) is 50.8 Å². The highest BCUT2D eigenvalue weighted by atomic mass is 19.1. The Morgan fingerprint density at radius 1 is 1.11 bits per heavy atom. The third-order valence-corrected chi connectivity index (χ3v) is 6.75. The summed E-state index contributed by atoms with van der Waals surface area (Å²) in [6.45, 7) is 5.36. The van der Waals surface area contributed by atoms with Crippen molar-refractivity contribution in [3.05, 3.63) is 30.1 Å². The van der Waals surface area contributed by atoms with E-state index in [-0.39, 0.29) is 12.4 Å². The summed E-state index contributed by atoms with van der Waals surface area (Å²) in [5.74, 6) is -0.191. The molecule has 0 bridgehead atoms. The Balaban J connectivity index is 1.39. The first-order chi connectivity index (χ1) is 13.1. The van der Waals surface area contributed by atoms with Gasteiger partial charge in [-0.25, -0.2) is 4.39 Å². The second-order valence-corrected chi connectivity index (χ2v) is 8.55. The molecule has 0 unspecified atom stereocenters. The number of piperazine rings is 1. The van der Waals surface area contributed by atoms with Gasteiger partial charge in [0, 0.05) is 51.4 Å². The summed E-state index contributed by atoms with van der Waals surface area (Å²) >= 11 is 0. The number of rotatable bonds is 5. The molecule has 0 saturated carbocycles. The topological polar surface area (TPSA) is 50.2 Å². The van der Waals surface area contributed by atoms with E-state index in [2.05, 4.69) is 9.80 Å². The maximum atomic E-state index is 14.1. The zero-order chi connectivity index (χ0) is 18.9. The van der Waals surface area contributed by atoms with Crippen molar-refractivity contribution in [1.82, 2.24) is 9.80 Å². The van der Waals surface area contributed by atoms with Crippen LogP contribution in [0.2, 0.25) is 0 Å². The van der Waals surface area contributed by atoms with Crippen LogP contribution < -0.4 is 4.90 Å². The van der Waals surface area contributed by atoms with Crippen LogP contribution in [0.4, 0.5) is 10.1 Å². The van der Waals surface area contributed by atoms with Crippen LogP contribution >= 0.6 is 0 Å². The fourth-order valence-corrected chi connectivity index (χ4v) is 5.17. The fraction of sp³-hybridized carbons (Fsp3) is 0.714. The fourth-order valence-electron chi connectivity index (χ4n) is 5.17. The number of para-hydroxylation sites is 1. The van der Waals surface area contributed by atoms with Gasteiger partial charge in [0.05, 0.1) is 11.3 Å². The standard InChI is InChI=1S/C21H32FN3O2/c22-19-5-1-2-6-20(19)23-11-8-21(27,9-12-23)16-25-15-17-4-3-10-24(17)14-18(25)7-13-26/h1-2,5-6,17-18,26-27H,3-4,7-16H2/t17-,18-/m0/s1. The molecule has 150 valence electrons. The molecule has 1 aromatic rings. The van der Waals surface area contributed by atoms with Crippen LogP contribution in [0.3, 0.4) is 0 Å². The highest BCUT2D eigenvalue weighted by Crippen LogP contribution is 2.32. The minimum absolute atomic E-state index is 0.191. The van der Waals surface area contributed by atoms with Crippen molar-refractivity contribution >= 4 is 5.69 Å². The number of fused-ring (bicyclic) bond motifs is 1. The molecule has 6 heteroatoms. The number of aliphatic hydroxyl groups excluding tert-OH is 1. The van der Waals surface area contributed by atoms with Crippen molar-refractivity contribution < 1.29 is 14.6 Å². The van der Waals surface area contributed by atoms with Crippen molar-refractivity contribution in [3.63, 3.8) is 0 Å². The monoisotopic (exact) mass is 377 g/mol. The SMILES string of the molecule is OCC[C@H]1CN2CCC[C@H]2CN1CC1(O)CCN(c2ccccc2F)CC1. The number of anilines is 1. The third-order valence-electron chi connectivity index (χ3n) is 6.75. The molecule has 0 spiro atoms. The molecule has 3 aliphatic heterocycles. The lowest BCUT2D eigenvalue weighted by Gasteiger charge is -2.48. The van der Waals surface area contributed by atoms with Gasteiger partial charge in [-0.2, -0.15) is 0 Å². The molecule has 1 aromatic carbocycles. The van der Waals surface area contributed by atoms with E-state index in [0.29, 0.717) is 50.2 Å². The van der Waals surface area contributed by atoms with Crippen LogP contribution in [0.15, 0.2) is 24.3 Å². The summed E-state index contributed by atoms with van der Waals surface area (Å²) < 4.78 is 14.1. The molecule has 0 aromatic heterocycles. The van der Waals surface area contributed by atoms with E-state index < -0.39 is 5.60 Å². The molecule has 3 heterocycles. The summed E-state index contributed by atoms with van der Waals surface area (Å²) in [5.41, 5.74) is -0.0896. The van der Waals surface area contributed by atoms with Crippen molar-refractivity contribution in [3.8, 4) is 0 Å². The van der Waals surface area contributed by atoms with Crippen molar-refractivity contribution in [2.24, 2.45) is 0 Å².